The summed E-state index contributed by atoms with van der Waals surface area (Å²) < 4.78 is 0. The minimum Gasteiger partial charge on any atom is -0.550 e. The number of carboxylic acid groups (broad SMARTS) is 4. The Kier molecular flexibility index (Phi) is 17.7. The number of benzene rings is 2. The fourth-order valence-electron chi connectivity index (χ4n) is 6.18. The van der Waals surface area contributed by atoms with Crippen molar-refractivity contribution in [1.29, 1.82) is 0 Å². The third-order valence-corrected chi connectivity index (χ3v) is 9.48. The van der Waals surface area contributed by atoms with E-state index < -0.39 is 60.6 Å². The van der Waals surface area contributed by atoms with E-state index in [-0.39, 0.29) is 82.1 Å². The average Bonchev–Trinajstić information content (AvgIpc) is 3.25. The maximum Gasteiger partial charge on any atom is 2.00 e. The molecule has 0 spiro atoms. The van der Waals surface area contributed by atoms with Crippen LogP contribution < -0.4 is 75.3 Å². The number of carboxylic acids is 4. The Morgan fingerprint density at radius 1 is 0.646 bits per heavy atom. The van der Waals surface area contributed by atoms with Crippen LogP contribution in [0.2, 0.25) is 0 Å². The first kappa shape index (κ1) is 49.8. The molecule has 0 saturated carbocycles. The van der Waals surface area contributed by atoms with Gasteiger partial charge in [-0.25, -0.2) is 9.59 Å². The summed E-state index contributed by atoms with van der Waals surface area (Å²) in [5.41, 5.74) is 12.7. The van der Waals surface area contributed by atoms with Crippen molar-refractivity contribution in [2.75, 3.05) is 69.5 Å². The summed E-state index contributed by atoms with van der Waals surface area (Å²) in [5, 5.41) is 62.5. The predicted molar refractivity (Wildman–Crippen MR) is 232 cm³/mol. The number of rotatable bonds is 18. The van der Waals surface area contributed by atoms with Gasteiger partial charge in [0.25, 0.3) is 22.9 Å². The zero-order valence-corrected chi connectivity index (χ0v) is 35.7. The molecule has 4 heterocycles. The number of H-pyrrole nitrogens is 2. The number of hydrogen-bond donors (Lipinski definition) is 14. The molecule has 2 amide bonds. The van der Waals surface area contributed by atoms with Crippen LogP contribution in [-0.4, -0.2) is 139 Å². The number of carbonyl (C=O) groups is 6. The molecule has 26 nitrogen and oxygen atoms in total. The maximum atomic E-state index is 12.3. The molecule has 27 heteroatoms. The minimum absolute atomic E-state index is 0. The van der Waals surface area contributed by atoms with Gasteiger partial charge in [0.15, 0.2) is 11.6 Å². The number of aliphatic carboxylic acids is 4. The van der Waals surface area contributed by atoms with Crippen molar-refractivity contribution in [3.63, 3.8) is 0 Å². The largest absolute Gasteiger partial charge is 2.00 e. The van der Waals surface area contributed by atoms with E-state index in [0.717, 1.165) is 0 Å². The van der Waals surface area contributed by atoms with Crippen molar-refractivity contribution in [2.45, 2.75) is 49.9 Å². The summed E-state index contributed by atoms with van der Waals surface area (Å²) in [4.78, 5) is 105. The second-order valence-electron chi connectivity index (χ2n) is 14.3. The van der Waals surface area contributed by atoms with Crippen LogP contribution in [0.4, 0.5) is 46.3 Å². The molecule has 0 radical (unpaired) electrons. The molecular formula is C38H44MgN14O12. The first-order valence-corrected chi connectivity index (χ1v) is 19.4. The second-order valence-corrected chi connectivity index (χ2v) is 14.3. The molecule has 6 rings (SSSR count). The first-order valence-electron chi connectivity index (χ1n) is 19.4. The quantitative estimate of drug-likeness (QED) is 0.0429. The van der Waals surface area contributed by atoms with Crippen LogP contribution in [0, 0.1) is 0 Å². The van der Waals surface area contributed by atoms with E-state index >= 15 is 0 Å². The Labute approximate surface area is 383 Å². The smallest absolute Gasteiger partial charge is 0.550 e. The van der Waals surface area contributed by atoms with Crippen molar-refractivity contribution < 1.29 is 49.2 Å². The topological polar surface area (TPSA) is 429 Å². The number of nitrogens with zero attached hydrogens (tertiary/aromatic N) is 2. The molecule has 2 aromatic heterocycles. The number of carbonyl (C=O) groups excluding carboxylic acids is 4. The van der Waals surface area contributed by atoms with Crippen LogP contribution in [0.15, 0.2) is 58.1 Å². The van der Waals surface area contributed by atoms with Gasteiger partial charge >= 0.3 is 35.0 Å². The molecule has 16 N–H and O–H groups in total. The van der Waals surface area contributed by atoms with E-state index in [2.05, 4.69) is 62.5 Å². The van der Waals surface area contributed by atoms with Gasteiger partial charge in [-0.15, -0.1) is 0 Å². The zero-order chi connectivity index (χ0) is 46.5. The molecule has 0 bridgehead atoms. The molecule has 0 saturated heterocycles. The number of amides is 2. The molecule has 2 aliphatic rings. The number of fused-ring (bicyclic) bond motifs is 2. The molecule has 0 aliphatic carbocycles. The Bertz CT molecular complexity index is 2320. The number of nitrogen functional groups attached to an aromatic ring is 2. The van der Waals surface area contributed by atoms with E-state index in [9.17, 15) is 48.6 Å². The summed E-state index contributed by atoms with van der Waals surface area (Å²) >= 11 is 0. The third kappa shape index (κ3) is 14.6. The number of nitrogens with two attached hydrogens (primary N) is 2. The van der Waals surface area contributed by atoms with E-state index in [0.29, 0.717) is 60.6 Å². The van der Waals surface area contributed by atoms with Crippen LogP contribution in [-0.2, 0) is 19.2 Å². The third-order valence-electron chi connectivity index (χ3n) is 9.48. The van der Waals surface area contributed by atoms with E-state index in [1.165, 1.54) is 24.3 Å². The predicted octanol–water partition coefficient (Wildman–Crippen LogP) is -3.61. The standard InChI is InChI=1S/2C19H23N7O6.Mg/c2*20-19-25-15-14(17(30)26-19)23-11(8-22-15)7-21-10-3-1-9(2-4-10)16(29)24-12(18(31)32)5-6-13(27)28;/h2*1-4,11-12,21,23H,5-8H2,(H,24,29)(H,27,28)(H,31,32)(H4,20,22,25,26,30);/q;;+2/p-2/t2*11-,12+;/m11./s1. The Morgan fingerprint density at radius 2 is 1.00 bits per heavy atom. The molecule has 4 atom stereocenters. The normalized spacial score (nSPS) is 15.2. The molecule has 2 aliphatic heterocycles. The van der Waals surface area contributed by atoms with E-state index in [4.69, 9.17) is 21.7 Å². The van der Waals surface area contributed by atoms with Gasteiger partial charge in [-0.2, -0.15) is 9.97 Å². The van der Waals surface area contributed by atoms with Gasteiger partial charge in [-0.05, 0) is 74.2 Å². The van der Waals surface area contributed by atoms with Crippen LogP contribution >= 0.6 is 0 Å². The summed E-state index contributed by atoms with van der Waals surface area (Å²) in [5.74, 6) is -5.89. The van der Waals surface area contributed by atoms with Gasteiger partial charge < -0.3 is 84.0 Å². The van der Waals surface area contributed by atoms with Crippen LogP contribution in [0.25, 0.3) is 0 Å². The summed E-state index contributed by atoms with van der Waals surface area (Å²) in [6.07, 6.45) is -1.52. The second kappa shape index (κ2) is 23.0. The van der Waals surface area contributed by atoms with Crippen molar-refractivity contribution in [2.24, 2.45) is 0 Å². The number of aromatic amines is 2. The SMILES string of the molecule is Nc1nc2c(c(=O)[nH]1)N[C@H](CNc1ccc(C(=O)N[C@@H](CCC(=O)[O-])C(=O)O)cc1)CN2.Nc1nc2c(c(=O)[nH]1)N[C@H](CNc1ccc(C(=O)N[C@@H](CCC(=O)[O-])C(=O)O)cc1)CN2.[Mg+2]. The van der Waals surface area contributed by atoms with Crippen LogP contribution in [0.1, 0.15) is 46.4 Å². The van der Waals surface area contributed by atoms with E-state index in [1.54, 1.807) is 24.3 Å². The fourth-order valence-corrected chi connectivity index (χ4v) is 6.18. The molecule has 0 fully saturated rings. The molecule has 4 aromatic rings. The van der Waals surface area contributed by atoms with Crippen LogP contribution in [0.3, 0.4) is 0 Å². The Hall–Kier alpha value is -7.81. The number of hydrogen-bond acceptors (Lipinski definition) is 20. The summed E-state index contributed by atoms with van der Waals surface area (Å²) in [7, 11) is 0. The monoisotopic (exact) mass is 912 g/mol. The number of anilines is 8. The minimum atomic E-state index is -1.39. The van der Waals surface area contributed by atoms with Gasteiger partial charge in [0.2, 0.25) is 11.9 Å². The fraction of sp³-hybridized carbons (Fsp3) is 0.316. The van der Waals surface area contributed by atoms with Crippen molar-refractivity contribution in [3.8, 4) is 0 Å². The van der Waals surface area contributed by atoms with Gasteiger partial charge in [0.1, 0.15) is 23.5 Å². The Morgan fingerprint density at radius 3 is 1.32 bits per heavy atom. The molecule has 340 valence electrons. The number of aromatic nitrogens is 4. The number of nitrogens with one attached hydrogen (secondary N) is 10. The first-order chi connectivity index (χ1) is 30.4. The molecule has 2 aromatic carbocycles. The Balaban J connectivity index is 0.000000280. The maximum absolute atomic E-state index is 12.3. The molecular weight excluding hydrogens is 869 g/mol. The molecule has 0 unspecified atom stereocenters. The van der Waals surface area contributed by atoms with Crippen molar-refractivity contribution in [3.05, 3.63) is 80.4 Å². The van der Waals surface area contributed by atoms with E-state index in [1.807, 2.05) is 0 Å². The van der Waals surface area contributed by atoms with Crippen molar-refractivity contribution >= 4 is 105 Å². The van der Waals surface area contributed by atoms with Gasteiger partial charge in [-0.1, -0.05) is 0 Å². The zero-order valence-electron chi connectivity index (χ0n) is 34.3. The molecule has 65 heavy (non-hydrogen) atoms. The summed E-state index contributed by atoms with van der Waals surface area (Å²) in [6.45, 7) is 1.90. The van der Waals surface area contributed by atoms with Crippen molar-refractivity contribution in [1.82, 2.24) is 30.6 Å². The van der Waals surface area contributed by atoms with Gasteiger partial charge in [0.05, 0.1) is 12.1 Å². The summed E-state index contributed by atoms with van der Waals surface area (Å²) in [6, 6.07) is 9.69. The average molecular weight is 913 g/mol. The van der Waals surface area contributed by atoms with Crippen LogP contribution in [0.5, 0.6) is 0 Å². The van der Waals surface area contributed by atoms with Gasteiger partial charge in [-0.3, -0.25) is 29.1 Å². The van der Waals surface area contributed by atoms with Gasteiger partial charge in [0, 0.05) is 60.6 Å².